The average molecular weight is 109 g/mol. The van der Waals surface area contributed by atoms with Gasteiger partial charge >= 0.3 is 0 Å². The topological polar surface area (TPSA) is 62.2 Å². The van der Waals surface area contributed by atoms with E-state index < -0.39 is 0 Å². The van der Waals surface area contributed by atoms with Crippen LogP contribution in [0.1, 0.15) is 6.42 Å². The summed E-state index contributed by atoms with van der Waals surface area (Å²) in [5.74, 6) is 0.0787. The van der Waals surface area contributed by atoms with Gasteiger partial charge in [0, 0.05) is 12.6 Å². The molecule has 0 unspecified atom stereocenters. The number of nitrogens with one attached hydrogen (secondary N) is 1. The molecule has 0 aromatic rings. The first-order valence-corrected chi connectivity index (χ1v) is 2.37. The van der Waals surface area contributed by atoms with Crippen LogP contribution in [-0.2, 0) is 0 Å². The summed E-state index contributed by atoms with van der Waals surface area (Å²) in [5, 5.41) is 6.90. The van der Waals surface area contributed by atoms with Crippen LogP contribution >= 0.6 is 0 Å². The molecule has 1 heterocycles. The zero-order valence-corrected chi connectivity index (χ0v) is 4.39. The molecule has 0 amide bonds. The Morgan fingerprint density at radius 2 is 2.62 bits per heavy atom. The summed E-state index contributed by atoms with van der Waals surface area (Å²) in [4.78, 5) is 3.82. The maximum Gasteiger partial charge on any atom is 0.137 e. The number of amidine groups is 1. The van der Waals surface area contributed by atoms with Crippen LogP contribution < -0.4 is 5.73 Å². The van der Waals surface area contributed by atoms with E-state index in [1.165, 1.54) is 0 Å². The molecule has 0 aromatic heterocycles. The summed E-state index contributed by atoms with van der Waals surface area (Å²) in [6, 6.07) is 0. The van der Waals surface area contributed by atoms with Crippen molar-refractivity contribution in [2.24, 2.45) is 10.7 Å². The van der Waals surface area contributed by atoms with Crippen LogP contribution in [0.2, 0.25) is 0 Å². The highest BCUT2D eigenvalue weighted by Crippen LogP contribution is 1.97. The molecule has 0 atom stereocenters. The smallest absolute Gasteiger partial charge is 0.137 e. The normalized spacial score (nSPS) is 16.2. The fourth-order valence-electron chi connectivity index (χ4n) is 0.539. The zero-order chi connectivity index (χ0) is 5.98. The summed E-state index contributed by atoms with van der Waals surface area (Å²) < 4.78 is 0. The maximum absolute atomic E-state index is 6.90. The van der Waals surface area contributed by atoms with E-state index in [2.05, 4.69) is 4.99 Å². The van der Waals surface area contributed by atoms with Crippen LogP contribution in [0.25, 0.3) is 0 Å². The minimum absolute atomic E-state index is 0.0787. The van der Waals surface area contributed by atoms with Gasteiger partial charge in [-0.1, -0.05) is 6.08 Å². The van der Waals surface area contributed by atoms with Crippen molar-refractivity contribution >= 4 is 11.5 Å². The highest BCUT2D eigenvalue weighted by molar-refractivity contribution is 6.40. The third-order valence-electron chi connectivity index (χ3n) is 0.958. The Bertz CT molecular complexity index is 167. The largest absolute Gasteiger partial charge is 0.383 e. The van der Waals surface area contributed by atoms with Gasteiger partial charge in [0.1, 0.15) is 5.84 Å². The van der Waals surface area contributed by atoms with Gasteiger partial charge in [0.15, 0.2) is 0 Å². The molecule has 3 N–H and O–H groups in total. The number of allylic oxidation sites excluding steroid dienone is 1. The summed E-state index contributed by atoms with van der Waals surface area (Å²) in [5.41, 5.74) is 5.78. The van der Waals surface area contributed by atoms with Crippen molar-refractivity contribution in [3.63, 3.8) is 0 Å². The second-order valence-electron chi connectivity index (χ2n) is 1.58. The van der Waals surface area contributed by atoms with Gasteiger partial charge in [-0.2, -0.15) is 0 Å². The van der Waals surface area contributed by atoms with Crippen LogP contribution in [0.3, 0.4) is 0 Å². The predicted molar refractivity (Wildman–Crippen MR) is 33.1 cm³/mol. The van der Waals surface area contributed by atoms with Gasteiger partial charge in [0.2, 0.25) is 0 Å². The van der Waals surface area contributed by atoms with E-state index in [-0.39, 0.29) is 5.84 Å². The molecule has 0 saturated heterocycles. The minimum atomic E-state index is 0.0787. The lowest BCUT2D eigenvalue weighted by Gasteiger charge is -1.90. The maximum atomic E-state index is 6.90. The van der Waals surface area contributed by atoms with Gasteiger partial charge in [0.25, 0.3) is 0 Å². The summed E-state index contributed by atoms with van der Waals surface area (Å²) in [6.07, 6.45) is 4.25. The number of hydrogen-bond acceptors (Lipinski definition) is 2. The van der Waals surface area contributed by atoms with E-state index in [1.807, 2.05) is 6.08 Å². The molecule has 0 aliphatic carbocycles. The van der Waals surface area contributed by atoms with E-state index >= 15 is 0 Å². The molecule has 0 saturated carbocycles. The summed E-state index contributed by atoms with van der Waals surface area (Å²) in [7, 11) is 0. The molecule has 0 fully saturated rings. The Morgan fingerprint density at radius 3 is 2.88 bits per heavy atom. The first-order valence-electron chi connectivity index (χ1n) is 2.37. The molecular weight excluding hydrogens is 102 g/mol. The lowest BCUT2D eigenvalue weighted by molar-refractivity contribution is 1.44. The van der Waals surface area contributed by atoms with E-state index in [0.29, 0.717) is 5.71 Å². The third-order valence-corrected chi connectivity index (χ3v) is 0.958. The van der Waals surface area contributed by atoms with Crippen LogP contribution in [-0.4, -0.2) is 11.5 Å². The molecule has 1 rings (SSSR count). The Kier molecular flexibility index (Phi) is 1.12. The van der Waals surface area contributed by atoms with Gasteiger partial charge in [-0.05, 0) is 0 Å². The standard InChI is InChI=1S/C5H7N3/c6-5(7)4-2-1-3-8-4/h1,3H,2H2,(H3,6,7). The molecule has 8 heavy (non-hydrogen) atoms. The fraction of sp³-hybridized carbons (Fsp3) is 0.200. The molecule has 0 aromatic carbocycles. The van der Waals surface area contributed by atoms with Gasteiger partial charge in [0.05, 0.1) is 5.71 Å². The van der Waals surface area contributed by atoms with Crippen LogP contribution in [0, 0.1) is 5.41 Å². The quantitative estimate of drug-likeness (QED) is 0.368. The van der Waals surface area contributed by atoms with Crippen molar-refractivity contribution in [1.82, 2.24) is 0 Å². The Morgan fingerprint density at radius 1 is 1.88 bits per heavy atom. The fourth-order valence-corrected chi connectivity index (χ4v) is 0.539. The van der Waals surface area contributed by atoms with E-state index in [4.69, 9.17) is 11.1 Å². The number of hydrogen-bond donors (Lipinski definition) is 2. The van der Waals surface area contributed by atoms with E-state index in [9.17, 15) is 0 Å². The monoisotopic (exact) mass is 109 g/mol. The number of rotatable bonds is 1. The lowest BCUT2D eigenvalue weighted by atomic mass is 10.3. The van der Waals surface area contributed by atoms with Gasteiger partial charge in [-0.15, -0.1) is 0 Å². The van der Waals surface area contributed by atoms with Crippen molar-refractivity contribution in [1.29, 1.82) is 5.41 Å². The molecule has 0 radical (unpaired) electrons. The van der Waals surface area contributed by atoms with Crippen molar-refractivity contribution in [3.05, 3.63) is 12.3 Å². The summed E-state index contributed by atoms with van der Waals surface area (Å²) >= 11 is 0. The SMILES string of the molecule is N=C(N)C1=NC=CC1. The number of nitrogens with zero attached hydrogens (tertiary/aromatic N) is 1. The molecule has 0 spiro atoms. The minimum Gasteiger partial charge on any atom is -0.383 e. The highest BCUT2D eigenvalue weighted by atomic mass is 14.8. The van der Waals surface area contributed by atoms with Gasteiger partial charge in [-0.3, -0.25) is 10.4 Å². The molecule has 1 aliphatic heterocycles. The van der Waals surface area contributed by atoms with E-state index in [0.717, 1.165) is 6.42 Å². The molecular formula is C5H7N3. The average Bonchev–Trinajstić information content (AvgIpc) is 2.12. The number of nitrogens with two attached hydrogens (primary N) is 1. The Balaban J connectivity index is 2.64. The molecule has 0 bridgehead atoms. The van der Waals surface area contributed by atoms with Crippen molar-refractivity contribution in [3.8, 4) is 0 Å². The second kappa shape index (κ2) is 1.78. The highest BCUT2D eigenvalue weighted by Gasteiger charge is 2.01. The summed E-state index contributed by atoms with van der Waals surface area (Å²) in [6.45, 7) is 0. The van der Waals surface area contributed by atoms with E-state index in [1.54, 1.807) is 6.20 Å². The van der Waals surface area contributed by atoms with Gasteiger partial charge in [-0.25, -0.2) is 0 Å². The zero-order valence-electron chi connectivity index (χ0n) is 4.39. The molecule has 3 nitrogen and oxygen atoms in total. The number of aliphatic imine (C=N–C) groups is 1. The molecule has 42 valence electrons. The first-order chi connectivity index (χ1) is 3.80. The first kappa shape index (κ1) is 5.03. The van der Waals surface area contributed by atoms with Crippen LogP contribution in [0.4, 0.5) is 0 Å². The van der Waals surface area contributed by atoms with Crippen molar-refractivity contribution in [2.75, 3.05) is 0 Å². The predicted octanol–water partition coefficient (Wildman–Crippen LogP) is 0.281. The lowest BCUT2D eigenvalue weighted by Crippen LogP contribution is -2.20. The van der Waals surface area contributed by atoms with Crippen molar-refractivity contribution < 1.29 is 0 Å². The third kappa shape index (κ3) is 0.753. The Hall–Kier alpha value is -1.12. The Labute approximate surface area is 47.4 Å². The second-order valence-corrected chi connectivity index (χ2v) is 1.58. The molecule has 1 aliphatic rings. The van der Waals surface area contributed by atoms with Crippen molar-refractivity contribution in [2.45, 2.75) is 6.42 Å². The van der Waals surface area contributed by atoms with Crippen LogP contribution in [0.5, 0.6) is 0 Å². The molecule has 3 heteroatoms. The van der Waals surface area contributed by atoms with Crippen LogP contribution in [0.15, 0.2) is 17.3 Å². The van der Waals surface area contributed by atoms with Gasteiger partial charge < -0.3 is 5.73 Å².